The number of hydrogen-bond acceptors (Lipinski definition) is 2. The number of aliphatic carboxylic acids is 1. The summed E-state index contributed by atoms with van der Waals surface area (Å²) >= 11 is 0. The van der Waals surface area contributed by atoms with Crippen LogP contribution in [0.3, 0.4) is 0 Å². The van der Waals surface area contributed by atoms with Gasteiger partial charge in [-0.3, -0.25) is 0 Å². The Morgan fingerprint density at radius 3 is 2.00 bits per heavy atom. The zero-order valence-electron chi connectivity index (χ0n) is 9.46. The Morgan fingerprint density at radius 1 is 0.933 bits per heavy atom. The molecule has 0 radical (unpaired) electrons. The third-order valence-corrected chi connectivity index (χ3v) is 4.54. The fourth-order valence-electron chi connectivity index (χ4n) is 3.62. The fraction of sp³-hybridized carbons (Fsp3) is 0.923. The van der Waals surface area contributed by atoms with Crippen LogP contribution in [0.4, 0.5) is 0 Å². The predicted molar refractivity (Wildman–Crippen MR) is 57.1 cm³/mol. The molecular formula is C13H21O2-. The molecule has 2 aliphatic carbocycles. The molecule has 15 heavy (non-hydrogen) atoms. The quantitative estimate of drug-likeness (QED) is 0.700. The van der Waals surface area contributed by atoms with Crippen LogP contribution in [-0.2, 0) is 4.79 Å². The van der Waals surface area contributed by atoms with E-state index >= 15 is 0 Å². The van der Waals surface area contributed by atoms with Gasteiger partial charge >= 0.3 is 0 Å². The first-order valence-corrected chi connectivity index (χ1v) is 6.47. The van der Waals surface area contributed by atoms with Crippen LogP contribution in [0.15, 0.2) is 0 Å². The molecule has 0 N–H and O–H groups in total. The topological polar surface area (TPSA) is 40.1 Å². The SMILES string of the molecule is O=C([O-])C1(C2CCCCC2)CCCCC1. The van der Waals surface area contributed by atoms with E-state index in [9.17, 15) is 9.90 Å². The summed E-state index contributed by atoms with van der Waals surface area (Å²) in [5, 5.41) is 11.5. The fourth-order valence-corrected chi connectivity index (χ4v) is 3.62. The van der Waals surface area contributed by atoms with E-state index in [4.69, 9.17) is 0 Å². The molecule has 0 unspecified atom stereocenters. The Bertz CT molecular complexity index is 223. The first-order valence-electron chi connectivity index (χ1n) is 6.47. The number of carbonyl (C=O) groups is 1. The van der Waals surface area contributed by atoms with E-state index in [2.05, 4.69) is 0 Å². The average molecular weight is 209 g/mol. The number of hydrogen-bond donors (Lipinski definition) is 0. The maximum Gasteiger partial charge on any atom is 0.0479 e. The van der Waals surface area contributed by atoms with Crippen LogP contribution in [-0.4, -0.2) is 5.97 Å². The van der Waals surface area contributed by atoms with Gasteiger partial charge in [0.25, 0.3) is 0 Å². The summed E-state index contributed by atoms with van der Waals surface area (Å²) in [5.74, 6) is -0.342. The third-order valence-electron chi connectivity index (χ3n) is 4.54. The van der Waals surface area contributed by atoms with Crippen LogP contribution in [0.5, 0.6) is 0 Å². The van der Waals surface area contributed by atoms with E-state index in [1.54, 1.807) is 0 Å². The molecule has 2 nitrogen and oxygen atoms in total. The molecule has 0 aliphatic heterocycles. The Kier molecular flexibility index (Phi) is 3.32. The van der Waals surface area contributed by atoms with Crippen LogP contribution in [0, 0.1) is 11.3 Å². The van der Waals surface area contributed by atoms with Gasteiger partial charge in [-0.15, -0.1) is 0 Å². The molecule has 0 atom stereocenters. The molecule has 2 saturated carbocycles. The highest BCUT2D eigenvalue weighted by molar-refractivity contribution is 5.73. The van der Waals surface area contributed by atoms with Crippen molar-refractivity contribution in [2.75, 3.05) is 0 Å². The monoisotopic (exact) mass is 209 g/mol. The summed E-state index contributed by atoms with van der Waals surface area (Å²) in [6, 6.07) is 0. The lowest BCUT2D eigenvalue weighted by Crippen LogP contribution is -2.49. The van der Waals surface area contributed by atoms with Gasteiger partial charge in [0.1, 0.15) is 0 Å². The number of carboxylic acid groups (broad SMARTS) is 1. The molecule has 86 valence electrons. The minimum atomic E-state index is -0.755. The highest BCUT2D eigenvalue weighted by Crippen LogP contribution is 2.47. The van der Waals surface area contributed by atoms with Crippen LogP contribution in [0.1, 0.15) is 64.2 Å². The van der Waals surface area contributed by atoms with Crippen LogP contribution >= 0.6 is 0 Å². The second kappa shape index (κ2) is 4.54. The molecule has 2 rings (SSSR count). The molecule has 0 spiro atoms. The summed E-state index contributed by atoms with van der Waals surface area (Å²) in [7, 11) is 0. The Morgan fingerprint density at radius 2 is 1.47 bits per heavy atom. The lowest BCUT2D eigenvalue weighted by atomic mass is 9.62. The van der Waals surface area contributed by atoms with Gasteiger partial charge in [0.15, 0.2) is 0 Å². The molecular weight excluding hydrogens is 188 g/mol. The van der Waals surface area contributed by atoms with Crippen molar-refractivity contribution in [3.63, 3.8) is 0 Å². The molecule has 0 amide bonds. The van der Waals surface area contributed by atoms with E-state index in [0.29, 0.717) is 5.92 Å². The summed E-state index contributed by atoms with van der Waals surface area (Å²) in [5.41, 5.74) is -0.446. The molecule has 0 bridgehead atoms. The smallest absolute Gasteiger partial charge is 0.0479 e. The maximum atomic E-state index is 11.5. The van der Waals surface area contributed by atoms with Crippen molar-refractivity contribution in [1.29, 1.82) is 0 Å². The number of carbonyl (C=O) groups excluding carboxylic acids is 1. The van der Waals surface area contributed by atoms with Gasteiger partial charge in [0.05, 0.1) is 0 Å². The largest absolute Gasteiger partial charge is 0.550 e. The molecule has 0 aromatic heterocycles. The Labute approximate surface area is 92.1 Å². The van der Waals surface area contributed by atoms with Crippen molar-refractivity contribution in [2.45, 2.75) is 64.2 Å². The van der Waals surface area contributed by atoms with Gasteiger partial charge in [-0.05, 0) is 31.6 Å². The van der Waals surface area contributed by atoms with Gasteiger partial charge < -0.3 is 9.90 Å². The molecule has 0 aromatic rings. The summed E-state index contributed by atoms with van der Waals surface area (Å²) < 4.78 is 0. The first kappa shape index (κ1) is 11.0. The van der Waals surface area contributed by atoms with Gasteiger partial charge in [-0.2, -0.15) is 0 Å². The second-order valence-corrected chi connectivity index (χ2v) is 5.34. The van der Waals surface area contributed by atoms with Gasteiger partial charge in [-0.25, -0.2) is 0 Å². The maximum absolute atomic E-state index is 11.5. The molecule has 2 aliphatic rings. The van der Waals surface area contributed by atoms with Gasteiger partial charge in [0.2, 0.25) is 0 Å². The molecule has 0 aromatic carbocycles. The minimum Gasteiger partial charge on any atom is -0.550 e. The van der Waals surface area contributed by atoms with Gasteiger partial charge in [-0.1, -0.05) is 38.5 Å². The van der Waals surface area contributed by atoms with Crippen LogP contribution < -0.4 is 5.11 Å². The summed E-state index contributed by atoms with van der Waals surface area (Å²) in [6.07, 6.45) is 11.1. The van der Waals surface area contributed by atoms with Crippen molar-refractivity contribution in [2.24, 2.45) is 11.3 Å². The van der Waals surface area contributed by atoms with E-state index in [-0.39, 0.29) is 0 Å². The van der Waals surface area contributed by atoms with E-state index in [1.165, 1.54) is 25.7 Å². The lowest BCUT2D eigenvalue weighted by Gasteiger charge is -2.46. The second-order valence-electron chi connectivity index (χ2n) is 5.34. The normalized spacial score (nSPS) is 27.5. The van der Waals surface area contributed by atoms with Crippen molar-refractivity contribution in [1.82, 2.24) is 0 Å². The molecule has 0 saturated heterocycles. The van der Waals surface area contributed by atoms with Crippen molar-refractivity contribution in [3.05, 3.63) is 0 Å². The minimum absolute atomic E-state index is 0.413. The molecule has 2 fully saturated rings. The zero-order chi connectivity index (χ0) is 10.7. The lowest BCUT2D eigenvalue weighted by molar-refractivity contribution is -0.324. The Hall–Kier alpha value is -0.530. The van der Waals surface area contributed by atoms with Crippen LogP contribution in [0.25, 0.3) is 0 Å². The summed E-state index contributed by atoms with van der Waals surface area (Å²) in [6.45, 7) is 0. The number of rotatable bonds is 2. The number of carboxylic acids is 1. The molecule has 0 heterocycles. The standard InChI is InChI=1S/C13H22O2/c14-12(15)13(9-5-2-6-10-13)11-7-3-1-4-8-11/h11H,1-10H2,(H,14,15)/p-1. The van der Waals surface area contributed by atoms with Crippen LogP contribution in [0.2, 0.25) is 0 Å². The van der Waals surface area contributed by atoms with Crippen molar-refractivity contribution in [3.8, 4) is 0 Å². The van der Waals surface area contributed by atoms with Crippen molar-refractivity contribution < 1.29 is 9.90 Å². The predicted octanol–water partition coefficient (Wildman–Crippen LogP) is 2.27. The van der Waals surface area contributed by atoms with Crippen molar-refractivity contribution >= 4 is 5.97 Å². The highest BCUT2D eigenvalue weighted by Gasteiger charge is 2.41. The molecule has 2 heteroatoms. The van der Waals surface area contributed by atoms with E-state index < -0.39 is 11.4 Å². The summed E-state index contributed by atoms with van der Waals surface area (Å²) in [4.78, 5) is 11.5. The van der Waals surface area contributed by atoms with E-state index in [1.807, 2.05) is 0 Å². The zero-order valence-corrected chi connectivity index (χ0v) is 9.46. The van der Waals surface area contributed by atoms with Gasteiger partial charge in [0, 0.05) is 11.4 Å². The first-order chi connectivity index (χ1) is 7.26. The highest BCUT2D eigenvalue weighted by atomic mass is 16.4. The average Bonchev–Trinajstić information content (AvgIpc) is 2.31. The Balaban J connectivity index is 2.12. The van der Waals surface area contributed by atoms with E-state index in [0.717, 1.165) is 38.5 Å². The third kappa shape index (κ3) is 2.04.